The predicted octanol–water partition coefficient (Wildman–Crippen LogP) is -0.432. The van der Waals surface area contributed by atoms with E-state index in [-0.39, 0.29) is 41.2 Å². The molecule has 150 valence electrons. The van der Waals surface area contributed by atoms with Gasteiger partial charge in [-0.3, -0.25) is 4.98 Å². The van der Waals surface area contributed by atoms with Crippen LogP contribution in [0, 0.1) is 0 Å². The van der Waals surface area contributed by atoms with Crippen LogP contribution < -0.4 is 38.5 Å². The van der Waals surface area contributed by atoms with Crippen LogP contribution in [-0.4, -0.2) is 35.6 Å². The topological polar surface area (TPSA) is 126 Å². The van der Waals surface area contributed by atoms with Crippen LogP contribution in [-0.2, 0) is 15.2 Å². The monoisotopic (exact) mass is 437 g/mol. The molecule has 0 radical (unpaired) electrons. The third-order valence-corrected chi connectivity index (χ3v) is 4.37. The van der Waals surface area contributed by atoms with Gasteiger partial charge in [-0.25, -0.2) is 13.2 Å². The maximum absolute atomic E-state index is 10.8. The van der Waals surface area contributed by atoms with Crippen molar-refractivity contribution < 1.29 is 61.3 Å². The predicted molar refractivity (Wildman–Crippen MR) is 102 cm³/mol. The molecule has 8 nitrogen and oxygen atoms in total. The number of aliphatic carboxylic acids is 1. The molecule has 3 aromatic rings. The zero-order valence-corrected chi connectivity index (χ0v) is 18.8. The minimum Gasteiger partial charge on any atom is -0.716 e. The number of aromatic nitrogens is 1. The Kier molecular flexibility index (Phi) is 8.39. The summed E-state index contributed by atoms with van der Waals surface area (Å²) >= 11 is 0. The van der Waals surface area contributed by atoms with Crippen molar-refractivity contribution in [3.05, 3.63) is 89.7 Å². The normalized spacial score (nSPS) is 11.8. The molecule has 0 fully saturated rings. The van der Waals surface area contributed by atoms with E-state index in [1.165, 1.54) is 12.1 Å². The van der Waals surface area contributed by atoms with Gasteiger partial charge >= 0.3 is 35.5 Å². The van der Waals surface area contributed by atoms with Crippen LogP contribution in [0.3, 0.4) is 0 Å². The number of carboxylic acid groups (broad SMARTS) is 1. The summed E-state index contributed by atoms with van der Waals surface area (Å²) < 4.78 is 41.8. The number of rotatable bonds is 8. The van der Waals surface area contributed by atoms with Gasteiger partial charge in [-0.1, -0.05) is 30.3 Å². The van der Waals surface area contributed by atoms with Crippen LogP contribution in [0.15, 0.2) is 72.9 Å². The van der Waals surface area contributed by atoms with Crippen LogP contribution in [0.25, 0.3) is 0 Å². The fraction of sp³-hybridized carbons (Fsp3) is 0.100. The minimum absolute atomic E-state index is 0. The fourth-order valence-electron chi connectivity index (χ4n) is 2.82. The third-order valence-electron chi connectivity index (χ3n) is 3.97. The first-order valence-corrected chi connectivity index (χ1v) is 9.76. The number of carboxylic acids is 1. The van der Waals surface area contributed by atoms with Gasteiger partial charge in [0.25, 0.3) is 10.4 Å². The first kappa shape index (κ1) is 23.8. The smallest absolute Gasteiger partial charge is 0.716 e. The summed E-state index contributed by atoms with van der Waals surface area (Å²) in [5.41, 5.74) is 2.40. The molecule has 0 spiro atoms. The molecule has 3 rings (SSSR count). The number of ether oxygens (including phenoxy) is 1. The number of pyridine rings is 1. The maximum Gasteiger partial charge on any atom is 1.00 e. The summed E-state index contributed by atoms with van der Waals surface area (Å²) in [7, 11) is -4.85. The summed E-state index contributed by atoms with van der Waals surface area (Å²) in [5, 5.41) is 8.71. The molecular weight excluding hydrogens is 421 g/mol. The van der Waals surface area contributed by atoms with E-state index in [0.29, 0.717) is 5.75 Å². The Balaban J connectivity index is 0.00000320. The van der Waals surface area contributed by atoms with Gasteiger partial charge < -0.3 is 18.6 Å². The van der Waals surface area contributed by atoms with Crippen molar-refractivity contribution in [2.24, 2.45) is 0 Å². The number of hydrogen-bond acceptors (Lipinski definition) is 7. The van der Waals surface area contributed by atoms with Gasteiger partial charge in [0.05, 0.1) is 11.6 Å². The van der Waals surface area contributed by atoms with Gasteiger partial charge in [0.2, 0.25) is 0 Å². The molecule has 10 heteroatoms. The fourth-order valence-corrected chi connectivity index (χ4v) is 3.16. The van der Waals surface area contributed by atoms with E-state index < -0.39 is 23.0 Å². The molecular formula is C20H16NNaO7S. The Morgan fingerprint density at radius 1 is 0.967 bits per heavy atom. The van der Waals surface area contributed by atoms with Gasteiger partial charge in [-0.15, -0.1) is 0 Å². The molecule has 0 amide bonds. The van der Waals surface area contributed by atoms with E-state index >= 15 is 0 Å². The van der Waals surface area contributed by atoms with E-state index in [9.17, 15) is 17.8 Å². The minimum atomic E-state index is -4.85. The van der Waals surface area contributed by atoms with Crippen molar-refractivity contribution in [1.82, 2.24) is 4.98 Å². The molecule has 0 aliphatic carbocycles. The second-order valence-electron chi connectivity index (χ2n) is 6.00. The zero-order valence-electron chi connectivity index (χ0n) is 16.0. The molecule has 0 saturated carbocycles. The van der Waals surface area contributed by atoms with Crippen molar-refractivity contribution in [1.29, 1.82) is 0 Å². The number of hydrogen-bond donors (Lipinski definition) is 1. The van der Waals surface area contributed by atoms with Crippen molar-refractivity contribution in [3.8, 4) is 11.5 Å². The summed E-state index contributed by atoms with van der Waals surface area (Å²) in [6.45, 7) is -0.437. The number of benzene rings is 2. The first-order chi connectivity index (χ1) is 13.8. The molecule has 0 saturated heterocycles. The average molecular weight is 437 g/mol. The first-order valence-electron chi connectivity index (χ1n) is 8.42. The van der Waals surface area contributed by atoms with Gasteiger partial charge in [0, 0.05) is 6.20 Å². The summed E-state index contributed by atoms with van der Waals surface area (Å²) in [5.74, 6) is -1.02. The molecule has 2 aromatic carbocycles. The van der Waals surface area contributed by atoms with E-state index in [2.05, 4.69) is 9.17 Å². The Morgan fingerprint density at radius 2 is 1.53 bits per heavy atom. The number of nitrogens with zero attached hydrogens (tertiary/aromatic N) is 1. The Bertz CT molecular complexity index is 1070. The van der Waals surface area contributed by atoms with E-state index in [0.717, 1.165) is 16.8 Å². The Morgan fingerprint density at radius 3 is 2.00 bits per heavy atom. The largest absolute Gasteiger partial charge is 1.00 e. The summed E-state index contributed by atoms with van der Waals surface area (Å²) in [6, 6.07) is 18.5. The van der Waals surface area contributed by atoms with Crippen LogP contribution in [0.4, 0.5) is 0 Å². The van der Waals surface area contributed by atoms with Crippen LogP contribution in [0.5, 0.6) is 11.5 Å². The molecule has 1 N–H and O–H groups in total. The van der Waals surface area contributed by atoms with Crippen LogP contribution >= 0.6 is 0 Å². The standard InChI is InChI=1S/C20H17NO7S.Na/c22-19(23)13-27-16-8-4-14(5-9-16)20(18-3-1-2-12-21-18)15-6-10-17(11-7-15)28-29(24,25)26;/h1-12,20H,13H2,(H,22,23)(H,24,25,26);/q;+1/p-1. The number of carbonyl (C=O) groups is 1. The second-order valence-corrected chi connectivity index (χ2v) is 6.98. The van der Waals surface area contributed by atoms with Crippen LogP contribution in [0.2, 0.25) is 0 Å². The molecule has 1 aromatic heterocycles. The van der Waals surface area contributed by atoms with Gasteiger partial charge in [-0.2, -0.15) is 0 Å². The average Bonchev–Trinajstić information content (AvgIpc) is 2.68. The van der Waals surface area contributed by atoms with Crippen molar-refractivity contribution in [2.75, 3.05) is 6.61 Å². The van der Waals surface area contributed by atoms with E-state index in [1.54, 1.807) is 48.7 Å². The third kappa shape index (κ3) is 6.82. The maximum atomic E-state index is 10.8. The molecule has 1 unspecified atom stereocenters. The van der Waals surface area contributed by atoms with E-state index in [1.807, 2.05) is 12.1 Å². The molecule has 1 heterocycles. The molecule has 0 aliphatic heterocycles. The summed E-state index contributed by atoms with van der Waals surface area (Å²) in [6.07, 6.45) is 1.66. The van der Waals surface area contributed by atoms with Crippen LogP contribution in [0.1, 0.15) is 22.7 Å². The molecule has 0 aliphatic rings. The van der Waals surface area contributed by atoms with Gasteiger partial charge in [0.15, 0.2) is 6.61 Å². The molecule has 30 heavy (non-hydrogen) atoms. The molecule has 1 atom stereocenters. The van der Waals surface area contributed by atoms with E-state index in [4.69, 9.17) is 9.84 Å². The molecule has 0 bridgehead atoms. The zero-order chi connectivity index (χ0) is 20.9. The van der Waals surface area contributed by atoms with Crippen molar-refractivity contribution in [2.45, 2.75) is 5.92 Å². The van der Waals surface area contributed by atoms with Crippen molar-refractivity contribution >= 4 is 16.4 Å². The second kappa shape index (κ2) is 10.6. The van der Waals surface area contributed by atoms with Crippen molar-refractivity contribution in [3.63, 3.8) is 0 Å². The Labute approximate surface area is 195 Å². The quantitative estimate of drug-likeness (QED) is 0.286. The summed E-state index contributed by atoms with van der Waals surface area (Å²) in [4.78, 5) is 15.0. The van der Waals surface area contributed by atoms with Gasteiger partial charge in [0.1, 0.15) is 11.5 Å². The SMILES string of the molecule is O=C(O)COc1ccc(C(c2ccc(OS(=O)(=O)[O-])cc2)c2ccccn2)cc1.[Na+]. The Hall–Kier alpha value is -2.43. The van der Waals surface area contributed by atoms with Gasteiger partial charge in [-0.05, 0) is 47.5 Å².